The molecule has 1 fully saturated rings. The lowest BCUT2D eigenvalue weighted by Crippen LogP contribution is -2.22. The van der Waals surface area contributed by atoms with Gasteiger partial charge in [0.1, 0.15) is 0 Å². The van der Waals surface area contributed by atoms with Crippen LogP contribution in [0, 0.1) is 0 Å². The Labute approximate surface area is 126 Å². The molecule has 0 aromatic carbocycles. The summed E-state index contributed by atoms with van der Waals surface area (Å²) in [6, 6.07) is -0.0669. The summed E-state index contributed by atoms with van der Waals surface area (Å²) < 4.78 is 43.6. The number of hydrogen-bond acceptors (Lipinski definition) is 4. The summed E-state index contributed by atoms with van der Waals surface area (Å²) in [4.78, 5) is 4.18. The molecule has 1 aliphatic heterocycles. The van der Waals surface area contributed by atoms with Crippen LogP contribution < -0.4 is 5.32 Å². The molecule has 3 nitrogen and oxygen atoms in total. The summed E-state index contributed by atoms with van der Waals surface area (Å²) in [7, 11) is 0. The van der Waals surface area contributed by atoms with E-state index in [9.17, 15) is 13.2 Å². The third-order valence-electron chi connectivity index (χ3n) is 3.55. The molecule has 1 aliphatic rings. The highest BCUT2D eigenvalue weighted by atomic mass is 32.1. The minimum Gasteiger partial charge on any atom is -0.378 e. The van der Waals surface area contributed by atoms with Gasteiger partial charge in [-0.2, -0.15) is 13.2 Å². The molecule has 0 radical (unpaired) electrons. The molecule has 2 rings (SSSR count). The largest absolute Gasteiger partial charge is 0.443 e. The fourth-order valence-corrected chi connectivity index (χ4v) is 3.36. The van der Waals surface area contributed by atoms with Gasteiger partial charge in [0.25, 0.3) is 0 Å². The van der Waals surface area contributed by atoms with Crippen LogP contribution in [0.25, 0.3) is 0 Å². The number of rotatable bonds is 7. The molecule has 120 valence electrons. The molecule has 0 saturated carbocycles. The van der Waals surface area contributed by atoms with E-state index in [1.807, 2.05) is 6.92 Å². The number of thiazole rings is 1. The van der Waals surface area contributed by atoms with Crippen LogP contribution in [0.1, 0.15) is 55.0 Å². The van der Waals surface area contributed by atoms with E-state index in [0.717, 1.165) is 56.6 Å². The molecule has 2 heterocycles. The summed E-state index contributed by atoms with van der Waals surface area (Å²) in [5.74, 6) is 0. The number of alkyl halides is 3. The maximum absolute atomic E-state index is 12.7. The summed E-state index contributed by atoms with van der Waals surface area (Å²) >= 11 is 0.741. The average molecular weight is 322 g/mol. The van der Waals surface area contributed by atoms with E-state index < -0.39 is 11.2 Å². The number of hydrogen-bond donors (Lipinski definition) is 1. The number of halogens is 3. The number of aromatic nitrogens is 1. The van der Waals surface area contributed by atoms with Gasteiger partial charge in [-0.1, -0.05) is 6.92 Å². The third kappa shape index (κ3) is 4.93. The Morgan fingerprint density at radius 1 is 1.52 bits per heavy atom. The van der Waals surface area contributed by atoms with Crippen molar-refractivity contribution in [3.63, 3.8) is 0 Å². The molecule has 2 unspecified atom stereocenters. The zero-order valence-electron chi connectivity index (χ0n) is 12.1. The quantitative estimate of drug-likeness (QED) is 0.818. The van der Waals surface area contributed by atoms with Crippen molar-refractivity contribution in [2.45, 2.75) is 57.3 Å². The van der Waals surface area contributed by atoms with Gasteiger partial charge >= 0.3 is 6.18 Å². The van der Waals surface area contributed by atoms with E-state index in [1.54, 1.807) is 0 Å². The SMILES string of the molecule is CCCNC(CCC1CCCO1)c1cnc(C(F)(F)F)s1. The summed E-state index contributed by atoms with van der Waals surface area (Å²) in [5, 5.41) is 2.56. The van der Waals surface area contributed by atoms with Crippen molar-refractivity contribution in [3.8, 4) is 0 Å². The molecule has 2 atom stereocenters. The minimum absolute atomic E-state index is 0.0669. The third-order valence-corrected chi connectivity index (χ3v) is 4.71. The van der Waals surface area contributed by atoms with Crippen LogP contribution in [0.2, 0.25) is 0 Å². The highest BCUT2D eigenvalue weighted by Gasteiger charge is 2.35. The first kappa shape index (κ1) is 16.7. The van der Waals surface area contributed by atoms with E-state index >= 15 is 0 Å². The van der Waals surface area contributed by atoms with Gasteiger partial charge in [-0.05, 0) is 38.6 Å². The van der Waals surface area contributed by atoms with Crippen molar-refractivity contribution in [1.82, 2.24) is 10.3 Å². The lowest BCUT2D eigenvalue weighted by Gasteiger charge is -2.18. The fourth-order valence-electron chi connectivity index (χ4n) is 2.47. The van der Waals surface area contributed by atoms with Crippen LogP contribution in [0.15, 0.2) is 6.20 Å². The zero-order valence-corrected chi connectivity index (χ0v) is 12.9. The molecular formula is C14H21F3N2OS. The van der Waals surface area contributed by atoms with E-state index in [1.165, 1.54) is 6.20 Å². The van der Waals surface area contributed by atoms with E-state index in [2.05, 4.69) is 10.3 Å². The molecule has 0 bridgehead atoms. The minimum atomic E-state index is -4.35. The Bertz CT molecular complexity index is 430. The smallest absolute Gasteiger partial charge is 0.378 e. The number of ether oxygens (including phenoxy) is 1. The van der Waals surface area contributed by atoms with Crippen LogP contribution in [-0.2, 0) is 10.9 Å². The molecular weight excluding hydrogens is 301 g/mol. The molecule has 7 heteroatoms. The van der Waals surface area contributed by atoms with Crippen LogP contribution >= 0.6 is 11.3 Å². The fraction of sp³-hybridized carbons (Fsp3) is 0.786. The molecule has 1 N–H and O–H groups in total. The van der Waals surface area contributed by atoms with Crippen molar-refractivity contribution in [2.75, 3.05) is 13.2 Å². The molecule has 0 amide bonds. The van der Waals surface area contributed by atoms with Gasteiger partial charge in [0, 0.05) is 23.7 Å². The lowest BCUT2D eigenvalue weighted by molar-refractivity contribution is -0.137. The first-order chi connectivity index (χ1) is 10.0. The van der Waals surface area contributed by atoms with Crippen LogP contribution in [0.5, 0.6) is 0 Å². The first-order valence-electron chi connectivity index (χ1n) is 7.38. The predicted octanol–water partition coefficient (Wildman–Crippen LogP) is 4.16. The standard InChI is InChI=1S/C14H21F3N2OS/c1-2-7-18-11(6-5-10-4-3-8-20-10)12-9-19-13(21-12)14(15,16)17/h9-11,18H,2-8H2,1H3. The van der Waals surface area contributed by atoms with Crippen LogP contribution in [0.3, 0.4) is 0 Å². The topological polar surface area (TPSA) is 34.1 Å². The molecule has 1 saturated heterocycles. The zero-order chi connectivity index (χ0) is 15.3. The molecule has 0 aliphatic carbocycles. The van der Waals surface area contributed by atoms with Crippen LogP contribution in [-0.4, -0.2) is 24.2 Å². The maximum atomic E-state index is 12.7. The summed E-state index contributed by atoms with van der Waals surface area (Å²) in [6.45, 7) is 3.63. The lowest BCUT2D eigenvalue weighted by atomic mass is 10.0. The van der Waals surface area contributed by atoms with Gasteiger partial charge in [0.05, 0.1) is 6.10 Å². The van der Waals surface area contributed by atoms with Gasteiger partial charge in [0.2, 0.25) is 0 Å². The summed E-state index contributed by atoms with van der Waals surface area (Å²) in [6.07, 6.45) is 1.99. The van der Waals surface area contributed by atoms with Crippen molar-refractivity contribution in [3.05, 3.63) is 16.1 Å². The van der Waals surface area contributed by atoms with Crippen molar-refractivity contribution in [2.24, 2.45) is 0 Å². The Kier molecular flexibility index (Phi) is 6.01. The molecule has 21 heavy (non-hydrogen) atoms. The maximum Gasteiger partial charge on any atom is 0.443 e. The van der Waals surface area contributed by atoms with Gasteiger partial charge < -0.3 is 10.1 Å². The van der Waals surface area contributed by atoms with Crippen molar-refractivity contribution >= 4 is 11.3 Å². The average Bonchev–Trinajstić information content (AvgIpc) is 3.09. The Morgan fingerprint density at radius 2 is 2.33 bits per heavy atom. The molecule has 1 aromatic heterocycles. The van der Waals surface area contributed by atoms with Gasteiger partial charge in [-0.3, -0.25) is 0 Å². The predicted molar refractivity (Wildman–Crippen MR) is 76.4 cm³/mol. The first-order valence-corrected chi connectivity index (χ1v) is 8.20. The van der Waals surface area contributed by atoms with Crippen molar-refractivity contribution in [1.29, 1.82) is 0 Å². The van der Waals surface area contributed by atoms with E-state index in [-0.39, 0.29) is 12.1 Å². The highest BCUT2D eigenvalue weighted by molar-refractivity contribution is 7.11. The van der Waals surface area contributed by atoms with Crippen molar-refractivity contribution < 1.29 is 17.9 Å². The molecule has 0 spiro atoms. The van der Waals surface area contributed by atoms with Crippen LogP contribution in [0.4, 0.5) is 13.2 Å². The van der Waals surface area contributed by atoms with E-state index in [0.29, 0.717) is 4.88 Å². The monoisotopic (exact) mass is 322 g/mol. The van der Waals surface area contributed by atoms with E-state index in [4.69, 9.17) is 4.74 Å². The van der Waals surface area contributed by atoms with Gasteiger partial charge in [0.15, 0.2) is 5.01 Å². The highest BCUT2D eigenvalue weighted by Crippen LogP contribution is 2.35. The second-order valence-electron chi connectivity index (χ2n) is 5.28. The second-order valence-corrected chi connectivity index (χ2v) is 6.35. The Balaban J connectivity index is 1.98. The second kappa shape index (κ2) is 7.56. The Morgan fingerprint density at radius 3 is 2.90 bits per heavy atom. The number of nitrogens with one attached hydrogen (secondary N) is 1. The molecule has 1 aromatic rings. The van der Waals surface area contributed by atoms with Gasteiger partial charge in [-0.25, -0.2) is 4.98 Å². The normalized spacial score (nSPS) is 20.9. The van der Waals surface area contributed by atoms with Gasteiger partial charge in [-0.15, -0.1) is 11.3 Å². The number of nitrogens with zero attached hydrogens (tertiary/aromatic N) is 1. The Hall–Kier alpha value is -0.660. The summed E-state index contributed by atoms with van der Waals surface area (Å²) in [5.41, 5.74) is 0.